The Morgan fingerprint density at radius 3 is 2.00 bits per heavy atom. The van der Waals surface area contributed by atoms with Crippen LogP contribution in [0.25, 0.3) is 11.1 Å². The Morgan fingerprint density at radius 2 is 1.44 bits per heavy atom. The molecule has 6 nitrogen and oxygen atoms in total. The fraction of sp³-hybridized carbons (Fsp3) is 0.143. The number of hydrogen-bond acceptors (Lipinski definition) is 5. The molecule has 0 saturated heterocycles. The SMILES string of the molecule is COC(=O)c1c(-c2ccccc2)c(C(=O)OC)n(Cc2ccccc2)c1O. The van der Waals surface area contributed by atoms with Gasteiger partial charge in [-0.15, -0.1) is 0 Å². The molecule has 0 fully saturated rings. The van der Waals surface area contributed by atoms with E-state index in [1.165, 1.54) is 18.8 Å². The quantitative estimate of drug-likeness (QED) is 0.701. The van der Waals surface area contributed by atoms with E-state index in [0.717, 1.165) is 5.56 Å². The van der Waals surface area contributed by atoms with E-state index in [4.69, 9.17) is 9.47 Å². The molecule has 27 heavy (non-hydrogen) atoms. The number of ether oxygens (including phenoxy) is 2. The Morgan fingerprint density at radius 1 is 0.889 bits per heavy atom. The number of carbonyl (C=O) groups excluding carboxylic acids is 2. The molecule has 0 saturated carbocycles. The Kier molecular flexibility index (Phi) is 5.26. The van der Waals surface area contributed by atoms with Crippen molar-refractivity contribution >= 4 is 11.9 Å². The van der Waals surface area contributed by atoms with Crippen LogP contribution in [0.3, 0.4) is 0 Å². The second-order valence-corrected chi connectivity index (χ2v) is 5.84. The summed E-state index contributed by atoms with van der Waals surface area (Å²) < 4.78 is 11.2. The first kappa shape index (κ1) is 18.3. The first-order valence-corrected chi connectivity index (χ1v) is 8.29. The van der Waals surface area contributed by atoms with Crippen molar-refractivity contribution in [2.75, 3.05) is 14.2 Å². The van der Waals surface area contributed by atoms with Crippen LogP contribution in [-0.4, -0.2) is 35.8 Å². The summed E-state index contributed by atoms with van der Waals surface area (Å²) in [5.74, 6) is -1.73. The van der Waals surface area contributed by atoms with Gasteiger partial charge in [0.05, 0.1) is 20.8 Å². The molecule has 0 unspecified atom stereocenters. The zero-order chi connectivity index (χ0) is 19.4. The van der Waals surface area contributed by atoms with E-state index in [2.05, 4.69) is 0 Å². The van der Waals surface area contributed by atoms with Crippen LogP contribution < -0.4 is 0 Å². The number of aromatic nitrogens is 1. The summed E-state index contributed by atoms with van der Waals surface area (Å²) in [5.41, 5.74) is 1.75. The van der Waals surface area contributed by atoms with Gasteiger partial charge in [-0.3, -0.25) is 0 Å². The summed E-state index contributed by atoms with van der Waals surface area (Å²) in [4.78, 5) is 25.0. The monoisotopic (exact) mass is 365 g/mol. The molecule has 0 spiro atoms. The van der Waals surface area contributed by atoms with Crippen LogP contribution in [0.5, 0.6) is 5.88 Å². The number of benzene rings is 2. The number of nitrogens with zero attached hydrogens (tertiary/aromatic N) is 1. The van der Waals surface area contributed by atoms with Crippen molar-refractivity contribution < 1.29 is 24.2 Å². The Bertz CT molecular complexity index is 961. The number of hydrogen-bond donors (Lipinski definition) is 1. The van der Waals surface area contributed by atoms with Crippen molar-refractivity contribution in [1.82, 2.24) is 4.57 Å². The summed E-state index contributed by atoms with van der Waals surface area (Å²) in [7, 11) is 2.48. The van der Waals surface area contributed by atoms with E-state index in [0.29, 0.717) is 5.56 Å². The lowest BCUT2D eigenvalue weighted by Gasteiger charge is -2.10. The minimum Gasteiger partial charge on any atom is -0.494 e. The highest BCUT2D eigenvalue weighted by molar-refractivity contribution is 6.07. The largest absolute Gasteiger partial charge is 0.494 e. The normalized spacial score (nSPS) is 10.4. The van der Waals surface area contributed by atoms with Gasteiger partial charge < -0.3 is 19.1 Å². The van der Waals surface area contributed by atoms with E-state index in [9.17, 15) is 14.7 Å². The van der Waals surface area contributed by atoms with Crippen LogP contribution in [0.2, 0.25) is 0 Å². The Labute approximate surface area is 156 Å². The summed E-state index contributed by atoms with van der Waals surface area (Å²) in [6, 6.07) is 18.2. The molecule has 0 radical (unpaired) electrons. The van der Waals surface area contributed by atoms with Crippen LogP contribution in [0.15, 0.2) is 60.7 Å². The molecule has 2 aromatic carbocycles. The molecule has 0 bridgehead atoms. The van der Waals surface area contributed by atoms with Gasteiger partial charge in [0, 0.05) is 5.56 Å². The highest BCUT2D eigenvalue weighted by atomic mass is 16.5. The van der Waals surface area contributed by atoms with Crippen molar-refractivity contribution in [3.63, 3.8) is 0 Å². The lowest BCUT2D eigenvalue weighted by atomic mass is 10.0. The molecule has 0 amide bonds. The van der Waals surface area contributed by atoms with Crippen molar-refractivity contribution in [3.8, 4) is 17.0 Å². The zero-order valence-electron chi connectivity index (χ0n) is 15.0. The third-order valence-corrected chi connectivity index (χ3v) is 4.25. The average molecular weight is 365 g/mol. The summed E-state index contributed by atoms with van der Waals surface area (Å²) in [6.45, 7) is 0.188. The van der Waals surface area contributed by atoms with Gasteiger partial charge in [-0.25, -0.2) is 9.59 Å². The van der Waals surface area contributed by atoms with E-state index in [1.54, 1.807) is 24.3 Å². The van der Waals surface area contributed by atoms with Crippen molar-refractivity contribution in [1.29, 1.82) is 0 Å². The molecule has 0 aliphatic carbocycles. The van der Waals surface area contributed by atoms with Crippen molar-refractivity contribution in [3.05, 3.63) is 77.5 Å². The molecule has 3 aromatic rings. The molecule has 138 valence electrons. The van der Waals surface area contributed by atoms with Crippen LogP contribution in [0.4, 0.5) is 0 Å². The van der Waals surface area contributed by atoms with Crippen LogP contribution in [0, 0.1) is 0 Å². The molecule has 0 atom stereocenters. The summed E-state index contributed by atoms with van der Waals surface area (Å²) >= 11 is 0. The average Bonchev–Trinajstić information content (AvgIpc) is 3.00. The standard InChI is InChI=1S/C21H19NO5/c1-26-20(24)17-16(15-11-7-4-8-12-15)18(21(25)27-2)22(19(17)23)13-14-9-5-3-6-10-14/h3-12,23H,13H2,1-2H3. The van der Waals surface area contributed by atoms with Crippen LogP contribution in [0.1, 0.15) is 26.4 Å². The molecule has 0 aliphatic rings. The fourth-order valence-corrected chi connectivity index (χ4v) is 3.02. The molecule has 1 aromatic heterocycles. The third-order valence-electron chi connectivity index (χ3n) is 4.25. The second-order valence-electron chi connectivity index (χ2n) is 5.84. The summed E-state index contributed by atoms with van der Waals surface area (Å²) in [5, 5.41) is 10.8. The van der Waals surface area contributed by atoms with E-state index in [1.807, 2.05) is 36.4 Å². The fourth-order valence-electron chi connectivity index (χ4n) is 3.02. The van der Waals surface area contributed by atoms with E-state index < -0.39 is 11.9 Å². The van der Waals surface area contributed by atoms with Gasteiger partial charge in [-0.2, -0.15) is 0 Å². The van der Waals surface area contributed by atoms with Crippen molar-refractivity contribution in [2.45, 2.75) is 6.54 Å². The predicted molar refractivity (Wildman–Crippen MR) is 99.8 cm³/mol. The second kappa shape index (κ2) is 7.78. The topological polar surface area (TPSA) is 77.8 Å². The van der Waals surface area contributed by atoms with Gasteiger partial charge in [-0.05, 0) is 11.1 Å². The van der Waals surface area contributed by atoms with Crippen molar-refractivity contribution in [2.24, 2.45) is 0 Å². The zero-order valence-corrected chi connectivity index (χ0v) is 15.0. The number of carbonyl (C=O) groups is 2. The molecular weight excluding hydrogens is 346 g/mol. The lowest BCUT2D eigenvalue weighted by Crippen LogP contribution is -2.12. The molecule has 1 heterocycles. The maximum Gasteiger partial charge on any atom is 0.355 e. The predicted octanol–water partition coefficient (Wildman–Crippen LogP) is 3.48. The van der Waals surface area contributed by atoms with E-state index >= 15 is 0 Å². The number of aromatic hydroxyl groups is 1. The first-order valence-electron chi connectivity index (χ1n) is 8.29. The molecule has 1 N–H and O–H groups in total. The molecule has 0 aliphatic heterocycles. The molecular formula is C21H19NO5. The van der Waals surface area contributed by atoms with Crippen LogP contribution in [-0.2, 0) is 16.0 Å². The summed E-state index contributed by atoms with van der Waals surface area (Å²) in [6.07, 6.45) is 0. The van der Waals surface area contributed by atoms with Gasteiger partial charge in [0.2, 0.25) is 5.88 Å². The minimum absolute atomic E-state index is 0.0694. The highest BCUT2D eigenvalue weighted by Crippen LogP contribution is 2.38. The van der Waals surface area contributed by atoms with Gasteiger partial charge >= 0.3 is 11.9 Å². The number of esters is 2. The molecule has 3 rings (SSSR count). The number of rotatable bonds is 5. The van der Waals surface area contributed by atoms with Crippen LogP contribution >= 0.6 is 0 Å². The number of methoxy groups -OCH3 is 2. The van der Waals surface area contributed by atoms with Gasteiger partial charge in [0.25, 0.3) is 0 Å². The van der Waals surface area contributed by atoms with Gasteiger partial charge in [0.15, 0.2) is 0 Å². The lowest BCUT2D eigenvalue weighted by molar-refractivity contribution is 0.0584. The maximum absolute atomic E-state index is 12.6. The van der Waals surface area contributed by atoms with Gasteiger partial charge in [0.1, 0.15) is 11.3 Å². The third kappa shape index (κ3) is 3.42. The maximum atomic E-state index is 12.6. The molecule has 6 heteroatoms. The highest BCUT2D eigenvalue weighted by Gasteiger charge is 2.32. The first-order chi connectivity index (χ1) is 13.1. The minimum atomic E-state index is -0.733. The smallest absolute Gasteiger partial charge is 0.355 e. The Balaban J connectivity index is 2.31. The van der Waals surface area contributed by atoms with E-state index in [-0.39, 0.29) is 29.2 Å². The van der Waals surface area contributed by atoms with Gasteiger partial charge in [-0.1, -0.05) is 60.7 Å². The Hall–Kier alpha value is -3.54.